The highest BCUT2D eigenvalue weighted by atomic mass is 32.2. The Morgan fingerprint density at radius 2 is 2.00 bits per heavy atom. The third-order valence-electron chi connectivity index (χ3n) is 2.69. The van der Waals surface area contributed by atoms with Gasteiger partial charge in [0.15, 0.2) is 0 Å². The number of methoxy groups -OCH3 is 1. The highest BCUT2D eigenvalue weighted by Gasteiger charge is 2.27. The molecule has 1 unspecified atom stereocenters. The van der Waals surface area contributed by atoms with Crippen molar-refractivity contribution in [2.45, 2.75) is 44.7 Å². The Hall–Kier alpha value is -1.15. The van der Waals surface area contributed by atoms with Crippen molar-refractivity contribution in [2.75, 3.05) is 12.9 Å². The maximum Gasteiger partial charge on any atom is 0.305 e. The minimum atomic E-state index is -3.56. The summed E-state index contributed by atoms with van der Waals surface area (Å²) in [5.74, 6) is -0.975. The summed E-state index contributed by atoms with van der Waals surface area (Å²) < 4.78 is 30.1. The topological polar surface area (TPSA) is 102 Å². The number of carbonyl (C=O) groups excluding carboxylic acids is 2. The molecule has 1 saturated carbocycles. The van der Waals surface area contributed by atoms with Crippen molar-refractivity contribution < 1.29 is 22.7 Å². The molecule has 0 aromatic carbocycles. The summed E-state index contributed by atoms with van der Waals surface area (Å²) in [5, 5.41) is 2.72. The molecule has 1 amide bonds. The highest BCUT2D eigenvalue weighted by Crippen LogP contribution is 2.18. The molecule has 0 aromatic heterocycles. The van der Waals surface area contributed by atoms with E-state index in [1.54, 1.807) is 0 Å². The monoisotopic (exact) mass is 292 g/mol. The smallest absolute Gasteiger partial charge is 0.305 e. The SMILES string of the molecule is COC(=O)CCCS(=O)(=O)NC(C)C(=O)NC1CC1. The van der Waals surface area contributed by atoms with Gasteiger partial charge in [0, 0.05) is 12.5 Å². The van der Waals surface area contributed by atoms with E-state index in [1.807, 2.05) is 0 Å². The fourth-order valence-corrected chi connectivity index (χ4v) is 2.73. The van der Waals surface area contributed by atoms with E-state index in [1.165, 1.54) is 14.0 Å². The third-order valence-corrected chi connectivity index (χ3v) is 4.23. The van der Waals surface area contributed by atoms with E-state index in [2.05, 4.69) is 14.8 Å². The molecule has 7 nitrogen and oxygen atoms in total. The summed E-state index contributed by atoms with van der Waals surface area (Å²) in [4.78, 5) is 22.4. The molecule has 110 valence electrons. The number of hydrogen-bond donors (Lipinski definition) is 2. The van der Waals surface area contributed by atoms with Crippen LogP contribution in [0.4, 0.5) is 0 Å². The second-order valence-electron chi connectivity index (χ2n) is 4.62. The third kappa shape index (κ3) is 6.53. The van der Waals surface area contributed by atoms with Gasteiger partial charge in [-0.1, -0.05) is 0 Å². The summed E-state index contributed by atoms with van der Waals surface area (Å²) >= 11 is 0. The summed E-state index contributed by atoms with van der Waals surface area (Å²) in [7, 11) is -2.31. The van der Waals surface area contributed by atoms with Crippen molar-refractivity contribution in [2.24, 2.45) is 0 Å². The first-order valence-corrected chi connectivity index (χ1v) is 7.86. The van der Waals surface area contributed by atoms with Gasteiger partial charge in [0.2, 0.25) is 15.9 Å². The van der Waals surface area contributed by atoms with Crippen LogP contribution in [0.25, 0.3) is 0 Å². The predicted molar refractivity (Wildman–Crippen MR) is 68.8 cm³/mol. The fraction of sp³-hybridized carbons (Fsp3) is 0.818. The molecule has 0 spiro atoms. The molecular weight excluding hydrogens is 272 g/mol. The first kappa shape index (κ1) is 15.9. The van der Waals surface area contributed by atoms with E-state index in [4.69, 9.17) is 0 Å². The fourth-order valence-electron chi connectivity index (χ4n) is 1.44. The van der Waals surface area contributed by atoms with Gasteiger partial charge < -0.3 is 10.1 Å². The lowest BCUT2D eigenvalue weighted by Crippen LogP contribution is -2.46. The minimum absolute atomic E-state index is 0.0417. The zero-order valence-electron chi connectivity index (χ0n) is 11.1. The number of hydrogen-bond acceptors (Lipinski definition) is 5. The second kappa shape index (κ2) is 6.85. The van der Waals surface area contributed by atoms with E-state index in [0.29, 0.717) is 0 Å². The highest BCUT2D eigenvalue weighted by molar-refractivity contribution is 7.89. The van der Waals surface area contributed by atoms with Gasteiger partial charge in [-0.3, -0.25) is 9.59 Å². The molecule has 0 aromatic rings. The zero-order valence-corrected chi connectivity index (χ0v) is 12.0. The maximum absolute atomic E-state index is 11.7. The Morgan fingerprint density at radius 1 is 1.37 bits per heavy atom. The van der Waals surface area contributed by atoms with Crippen LogP contribution in [0.3, 0.4) is 0 Å². The number of amides is 1. The number of rotatable bonds is 8. The van der Waals surface area contributed by atoms with Gasteiger partial charge in [0.1, 0.15) is 0 Å². The molecule has 1 atom stereocenters. The predicted octanol–water partition coefficient (Wildman–Crippen LogP) is -0.474. The van der Waals surface area contributed by atoms with Crippen LogP contribution in [0.5, 0.6) is 0 Å². The van der Waals surface area contributed by atoms with Gasteiger partial charge in [0.05, 0.1) is 18.9 Å². The lowest BCUT2D eigenvalue weighted by atomic mass is 10.3. The van der Waals surface area contributed by atoms with E-state index in [0.717, 1.165) is 12.8 Å². The average Bonchev–Trinajstić information content (AvgIpc) is 3.11. The number of sulfonamides is 1. The van der Waals surface area contributed by atoms with Gasteiger partial charge in [-0.25, -0.2) is 13.1 Å². The molecule has 2 N–H and O–H groups in total. The van der Waals surface area contributed by atoms with Gasteiger partial charge in [-0.05, 0) is 26.2 Å². The van der Waals surface area contributed by atoms with Gasteiger partial charge in [-0.15, -0.1) is 0 Å². The van der Waals surface area contributed by atoms with Crippen molar-refractivity contribution in [1.82, 2.24) is 10.0 Å². The van der Waals surface area contributed by atoms with Crippen LogP contribution in [0.15, 0.2) is 0 Å². The number of esters is 1. The summed E-state index contributed by atoms with van der Waals surface area (Å²) in [6, 6.07) is -0.609. The van der Waals surface area contributed by atoms with Crippen molar-refractivity contribution in [1.29, 1.82) is 0 Å². The Balaban J connectivity index is 2.31. The Labute approximate surface area is 113 Å². The first-order chi connectivity index (χ1) is 8.84. The van der Waals surface area contributed by atoms with Gasteiger partial charge >= 0.3 is 5.97 Å². The second-order valence-corrected chi connectivity index (χ2v) is 6.49. The molecule has 0 aliphatic heterocycles. The van der Waals surface area contributed by atoms with E-state index < -0.39 is 22.0 Å². The largest absolute Gasteiger partial charge is 0.469 e. The normalized spacial score (nSPS) is 16.7. The molecule has 1 aliphatic carbocycles. The van der Waals surface area contributed by atoms with Gasteiger partial charge in [-0.2, -0.15) is 0 Å². The van der Waals surface area contributed by atoms with Crippen LogP contribution >= 0.6 is 0 Å². The van der Waals surface area contributed by atoms with Crippen molar-refractivity contribution in [3.05, 3.63) is 0 Å². The van der Waals surface area contributed by atoms with Crippen molar-refractivity contribution >= 4 is 21.9 Å². The number of carbonyl (C=O) groups is 2. The van der Waals surface area contributed by atoms with Crippen LogP contribution < -0.4 is 10.0 Å². The van der Waals surface area contributed by atoms with Gasteiger partial charge in [0.25, 0.3) is 0 Å². The number of ether oxygens (including phenoxy) is 1. The van der Waals surface area contributed by atoms with E-state index in [9.17, 15) is 18.0 Å². The van der Waals surface area contributed by atoms with E-state index >= 15 is 0 Å². The zero-order chi connectivity index (χ0) is 14.5. The molecule has 1 fully saturated rings. The van der Waals surface area contributed by atoms with E-state index in [-0.39, 0.29) is 30.5 Å². The van der Waals surface area contributed by atoms with Crippen LogP contribution in [0, 0.1) is 0 Å². The molecule has 0 bridgehead atoms. The lowest BCUT2D eigenvalue weighted by molar-refractivity contribution is -0.140. The molecule has 19 heavy (non-hydrogen) atoms. The van der Waals surface area contributed by atoms with Crippen LogP contribution in [-0.4, -0.2) is 45.2 Å². The quantitative estimate of drug-likeness (QED) is 0.589. The summed E-state index contributed by atoms with van der Waals surface area (Å²) in [6.45, 7) is 1.50. The molecule has 0 saturated heterocycles. The van der Waals surface area contributed by atoms with Crippen LogP contribution in [0.2, 0.25) is 0 Å². The molecule has 1 aliphatic rings. The molecule has 1 rings (SSSR count). The Kier molecular flexibility index (Phi) is 5.74. The van der Waals surface area contributed by atoms with Crippen LogP contribution in [0.1, 0.15) is 32.6 Å². The minimum Gasteiger partial charge on any atom is -0.469 e. The summed E-state index contributed by atoms with van der Waals surface area (Å²) in [6.07, 6.45) is 2.10. The Morgan fingerprint density at radius 3 is 2.53 bits per heavy atom. The first-order valence-electron chi connectivity index (χ1n) is 6.21. The van der Waals surface area contributed by atoms with Crippen molar-refractivity contribution in [3.8, 4) is 0 Å². The number of nitrogens with one attached hydrogen (secondary N) is 2. The average molecular weight is 292 g/mol. The summed E-state index contributed by atoms with van der Waals surface area (Å²) in [5.41, 5.74) is 0. The molecule has 8 heteroatoms. The molecular formula is C11H20N2O5S. The molecule has 0 heterocycles. The van der Waals surface area contributed by atoms with Crippen LogP contribution in [-0.2, 0) is 24.3 Å². The molecule has 0 radical (unpaired) electrons. The van der Waals surface area contributed by atoms with Crippen molar-refractivity contribution in [3.63, 3.8) is 0 Å². The standard InChI is InChI=1S/C11H20N2O5S/c1-8(11(15)12-9-5-6-9)13-19(16,17)7-3-4-10(14)18-2/h8-9,13H,3-7H2,1-2H3,(H,12,15). The maximum atomic E-state index is 11.7. The lowest BCUT2D eigenvalue weighted by Gasteiger charge is -2.13. The Bertz CT molecular complexity index is 430.